The van der Waals surface area contributed by atoms with Crippen LogP contribution >= 0.6 is 0 Å². The van der Waals surface area contributed by atoms with Crippen molar-refractivity contribution in [2.75, 3.05) is 6.61 Å². The van der Waals surface area contributed by atoms with E-state index in [1.165, 1.54) is 37.2 Å². The molecule has 0 saturated carbocycles. The highest BCUT2D eigenvalue weighted by Gasteiger charge is 2.32. The molecule has 0 fully saturated rings. The molecule has 5 nitrogen and oxygen atoms in total. The Morgan fingerprint density at radius 1 is 1.04 bits per heavy atom. The first-order valence-corrected chi connectivity index (χ1v) is 11.7. The Morgan fingerprint density at radius 3 is 2.12 bits per heavy atom. The van der Waals surface area contributed by atoms with E-state index >= 15 is 0 Å². The molecule has 6 heteroatoms. The van der Waals surface area contributed by atoms with E-state index in [0.717, 1.165) is 0 Å². The smallest absolute Gasteiger partial charge is 0.303 e. The molecular formula is C19H32O5Si. The lowest BCUT2D eigenvalue weighted by molar-refractivity contribution is -0.161. The Labute approximate surface area is 152 Å². The van der Waals surface area contributed by atoms with E-state index in [2.05, 4.69) is 33.8 Å². The number of esters is 2. The highest BCUT2D eigenvalue weighted by atomic mass is 28.3. The van der Waals surface area contributed by atoms with Gasteiger partial charge in [0.25, 0.3) is 0 Å². The van der Waals surface area contributed by atoms with Gasteiger partial charge in [0.05, 0.1) is 14.2 Å². The van der Waals surface area contributed by atoms with Gasteiger partial charge >= 0.3 is 11.9 Å². The van der Waals surface area contributed by atoms with Crippen LogP contribution in [0.4, 0.5) is 0 Å². The van der Waals surface area contributed by atoms with Crippen LogP contribution in [0.2, 0.25) is 18.1 Å². The van der Waals surface area contributed by atoms with Gasteiger partial charge in [-0.2, -0.15) is 0 Å². The van der Waals surface area contributed by atoms with E-state index in [9.17, 15) is 9.59 Å². The molecule has 0 aliphatic carbocycles. The second kappa shape index (κ2) is 9.92. The third-order valence-electron chi connectivity index (χ3n) is 5.22. The lowest BCUT2D eigenvalue weighted by Gasteiger charge is -2.33. The second-order valence-electron chi connectivity index (χ2n) is 6.59. The highest BCUT2D eigenvalue weighted by molar-refractivity contribution is 6.86. The molecule has 25 heavy (non-hydrogen) atoms. The molecule has 3 atom stereocenters. The van der Waals surface area contributed by atoms with Gasteiger partial charge in [0.2, 0.25) is 0 Å². The van der Waals surface area contributed by atoms with E-state index < -0.39 is 20.3 Å². The van der Waals surface area contributed by atoms with Crippen LogP contribution in [-0.2, 0) is 23.8 Å². The first-order chi connectivity index (χ1) is 11.8. The minimum atomic E-state index is -1.43. The molecule has 0 amide bonds. The molecule has 0 bridgehead atoms. The maximum absolute atomic E-state index is 11.3. The summed E-state index contributed by atoms with van der Waals surface area (Å²) in [5, 5.41) is 1.44. The molecule has 0 N–H and O–H groups in total. The number of hydrogen-bond donors (Lipinski definition) is 0. The van der Waals surface area contributed by atoms with Gasteiger partial charge in [0.15, 0.2) is 0 Å². The number of carbonyl (C=O) groups excluding carboxylic acids is 2. The highest BCUT2D eigenvalue weighted by Crippen LogP contribution is 2.29. The number of hydrogen-bond acceptors (Lipinski definition) is 5. The Hall–Kier alpha value is -1.40. The van der Waals surface area contributed by atoms with Gasteiger partial charge in [-0.15, -0.1) is 0 Å². The van der Waals surface area contributed by atoms with Crippen molar-refractivity contribution in [3.8, 4) is 0 Å². The predicted molar refractivity (Wildman–Crippen MR) is 101 cm³/mol. The summed E-state index contributed by atoms with van der Waals surface area (Å²) in [5.41, 5.74) is 0. The molecular weight excluding hydrogens is 336 g/mol. The van der Waals surface area contributed by atoms with Crippen LogP contribution in [0, 0.1) is 0 Å². The van der Waals surface area contributed by atoms with Gasteiger partial charge in [0, 0.05) is 13.8 Å². The molecule has 0 aromatic rings. The van der Waals surface area contributed by atoms with Crippen molar-refractivity contribution in [3.05, 3.63) is 23.4 Å². The minimum absolute atomic E-state index is 0.0684. The van der Waals surface area contributed by atoms with Crippen LogP contribution in [-0.4, -0.2) is 44.9 Å². The van der Waals surface area contributed by atoms with Crippen LogP contribution < -0.4 is 0 Å². The van der Waals surface area contributed by atoms with Crippen molar-refractivity contribution >= 4 is 20.0 Å². The van der Waals surface area contributed by atoms with E-state index in [4.69, 9.17) is 14.2 Å². The Bertz CT molecular complexity index is 514. The van der Waals surface area contributed by atoms with E-state index in [-0.39, 0.29) is 24.6 Å². The summed E-state index contributed by atoms with van der Waals surface area (Å²) in [7, 11) is -1.43. The van der Waals surface area contributed by atoms with Crippen molar-refractivity contribution in [2.45, 2.75) is 78.0 Å². The maximum atomic E-state index is 11.3. The van der Waals surface area contributed by atoms with Gasteiger partial charge in [-0.3, -0.25) is 9.59 Å². The van der Waals surface area contributed by atoms with E-state index in [0.29, 0.717) is 0 Å². The quantitative estimate of drug-likeness (QED) is 0.370. The molecule has 142 valence electrons. The normalized spacial score (nSPS) is 24.1. The molecule has 0 aromatic heterocycles. The first kappa shape index (κ1) is 21.6. The van der Waals surface area contributed by atoms with Crippen molar-refractivity contribution in [1.82, 2.24) is 0 Å². The molecule has 0 spiro atoms. The zero-order valence-corrected chi connectivity index (χ0v) is 17.3. The average Bonchev–Trinajstić information content (AvgIpc) is 2.56. The van der Waals surface area contributed by atoms with Crippen molar-refractivity contribution < 1.29 is 23.8 Å². The monoisotopic (exact) mass is 368 g/mol. The third-order valence-corrected chi connectivity index (χ3v) is 11.1. The molecule has 0 unspecified atom stereocenters. The second-order valence-corrected chi connectivity index (χ2v) is 12.1. The summed E-state index contributed by atoms with van der Waals surface area (Å²) in [5.74, 6) is -0.761. The summed E-state index contributed by atoms with van der Waals surface area (Å²) in [6.07, 6.45) is 4.72. The molecule has 1 heterocycles. The summed E-state index contributed by atoms with van der Waals surface area (Å²) >= 11 is 0. The van der Waals surface area contributed by atoms with Gasteiger partial charge in [-0.05, 0) is 13.0 Å². The fraction of sp³-hybridized carbons (Fsp3) is 0.684. The van der Waals surface area contributed by atoms with Crippen LogP contribution in [0.15, 0.2) is 23.4 Å². The number of carbonyl (C=O) groups is 2. The summed E-state index contributed by atoms with van der Waals surface area (Å²) in [4.78, 5) is 22.4. The van der Waals surface area contributed by atoms with Crippen molar-refractivity contribution in [3.63, 3.8) is 0 Å². The summed E-state index contributed by atoms with van der Waals surface area (Å²) < 4.78 is 16.4. The Morgan fingerprint density at radius 2 is 1.64 bits per heavy atom. The number of allylic oxidation sites excluding steroid dienone is 1. The van der Waals surface area contributed by atoms with Crippen LogP contribution in [0.3, 0.4) is 0 Å². The predicted octanol–water partition coefficient (Wildman–Crippen LogP) is 3.80. The van der Waals surface area contributed by atoms with Gasteiger partial charge < -0.3 is 14.2 Å². The number of rotatable bonds is 8. The molecule has 1 aliphatic rings. The van der Waals surface area contributed by atoms with Gasteiger partial charge in [0.1, 0.15) is 18.8 Å². The molecule has 0 radical (unpaired) electrons. The fourth-order valence-electron chi connectivity index (χ4n) is 3.41. The van der Waals surface area contributed by atoms with Crippen molar-refractivity contribution in [2.24, 2.45) is 0 Å². The third kappa shape index (κ3) is 6.11. The van der Waals surface area contributed by atoms with E-state index in [1.54, 1.807) is 0 Å². The molecule has 1 rings (SSSR count). The van der Waals surface area contributed by atoms with E-state index in [1.807, 2.05) is 12.2 Å². The topological polar surface area (TPSA) is 61.8 Å². The van der Waals surface area contributed by atoms with Crippen molar-refractivity contribution in [1.29, 1.82) is 0 Å². The molecule has 0 aromatic carbocycles. The molecule has 1 aliphatic heterocycles. The first-order valence-electron chi connectivity index (χ1n) is 9.11. The summed E-state index contributed by atoms with van der Waals surface area (Å²) in [6.45, 7) is 11.8. The van der Waals surface area contributed by atoms with Gasteiger partial charge in [-0.25, -0.2) is 0 Å². The fourth-order valence-corrected chi connectivity index (χ4v) is 7.10. The minimum Gasteiger partial charge on any atom is -0.463 e. The maximum Gasteiger partial charge on any atom is 0.303 e. The SMILES string of the molecule is CC[Si](CC)(CC)/C(C)=C/[C@@H]1C=C[C@H](OC(C)=O)[C@@H](COC(C)=O)O1. The van der Waals surface area contributed by atoms with Crippen LogP contribution in [0.5, 0.6) is 0 Å². The zero-order valence-electron chi connectivity index (χ0n) is 16.3. The molecule has 0 saturated heterocycles. The van der Waals surface area contributed by atoms with Crippen LogP contribution in [0.1, 0.15) is 41.5 Å². The average molecular weight is 369 g/mol. The Balaban J connectivity index is 2.96. The Kier molecular flexibility index (Phi) is 8.59. The zero-order chi connectivity index (χ0) is 19.0. The van der Waals surface area contributed by atoms with Gasteiger partial charge in [-0.1, -0.05) is 56.3 Å². The summed E-state index contributed by atoms with van der Waals surface area (Å²) in [6, 6.07) is 3.64. The standard InChI is InChI=1S/C19H32O5Si/c1-7-25(8-2,9-3)14(4)12-17-10-11-18(23-16(6)21)19(24-17)13-22-15(5)20/h10-12,17-19H,7-9,13H2,1-6H3/b14-12+/t17-,18-,19+/m0/s1. The largest absolute Gasteiger partial charge is 0.463 e. The van der Waals surface area contributed by atoms with Crippen LogP contribution in [0.25, 0.3) is 0 Å². The number of ether oxygens (including phenoxy) is 3. The lowest BCUT2D eigenvalue weighted by Crippen LogP contribution is -2.41. The lowest BCUT2D eigenvalue weighted by atomic mass is 10.1.